The van der Waals surface area contributed by atoms with Crippen molar-refractivity contribution in [3.05, 3.63) is 41.3 Å². The molecule has 0 radical (unpaired) electrons. The van der Waals surface area contributed by atoms with Gasteiger partial charge in [-0.25, -0.2) is 9.67 Å². The van der Waals surface area contributed by atoms with Gasteiger partial charge in [0.25, 0.3) is 5.91 Å². The van der Waals surface area contributed by atoms with E-state index in [-0.39, 0.29) is 12.0 Å². The summed E-state index contributed by atoms with van der Waals surface area (Å²) in [6.45, 7) is 7.89. The molecule has 0 spiro atoms. The average molecular weight is 314 g/mol. The molecule has 1 saturated heterocycles. The van der Waals surface area contributed by atoms with Crippen LogP contribution >= 0.6 is 0 Å². The second-order valence-electron chi connectivity index (χ2n) is 5.90. The van der Waals surface area contributed by atoms with E-state index in [2.05, 4.69) is 17.0 Å². The van der Waals surface area contributed by atoms with Crippen molar-refractivity contribution in [3.63, 3.8) is 0 Å². The van der Waals surface area contributed by atoms with Crippen LogP contribution in [0.1, 0.15) is 35.1 Å². The first-order chi connectivity index (χ1) is 11.1. The molecule has 1 aliphatic heterocycles. The highest BCUT2D eigenvalue weighted by atomic mass is 16.5. The molecule has 2 aromatic heterocycles. The summed E-state index contributed by atoms with van der Waals surface area (Å²) in [5.74, 6) is 0.736. The molecule has 0 aliphatic carbocycles. The van der Waals surface area contributed by atoms with E-state index in [1.165, 1.54) is 0 Å². The van der Waals surface area contributed by atoms with Gasteiger partial charge < -0.3 is 9.64 Å². The van der Waals surface area contributed by atoms with E-state index in [0.29, 0.717) is 25.3 Å². The molecule has 3 heterocycles. The van der Waals surface area contributed by atoms with Crippen molar-refractivity contribution in [1.29, 1.82) is 0 Å². The summed E-state index contributed by atoms with van der Waals surface area (Å²) in [6, 6.07) is 5.65. The minimum atomic E-state index is 0.0131. The fraction of sp³-hybridized carbons (Fsp3) is 0.471. The van der Waals surface area contributed by atoms with Crippen molar-refractivity contribution in [1.82, 2.24) is 19.7 Å². The van der Waals surface area contributed by atoms with Crippen LogP contribution in [0.15, 0.2) is 24.4 Å². The molecule has 1 atom stereocenters. The topological polar surface area (TPSA) is 60.2 Å². The van der Waals surface area contributed by atoms with Crippen LogP contribution in [0, 0.1) is 13.8 Å². The lowest BCUT2D eigenvalue weighted by Gasteiger charge is -2.32. The standard InChI is InChI=1S/C17H22N4O2/c1-4-15-11-20(7-8-23-15)17(22)14-5-6-16(18-10-14)21-13(3)9-12(2)19-21/h5-6,9-10,15H,4,7-8,11H2,1-3H3/t15-/m0/s1. The molecule has 0 aromatic carbocycles. The number of rotatable bonds is 3. The van der Waals surface area contributed by atoms with Gasteiger partial charge in [-0.2, -0.15) is 5.10 Å². The molecule has 0 saturated carbocycles. The Balaban J connectivity index is 1.76. The van der Waals surface area contributed by atoms with Gasteiger partial charge in [-0.3, -0.25) is 4.79 Å². The number of aromatic nitrogens is 3. The van der Waals surface area contributed by atoms with Gasteiger partial charge in [-0.05, 0) is 38.5 Å². The summed E-state index contributed by atoms with van der Waals surface area (Å²) in [5.41, 5.74) is 2.57. The van der Waals surface area contributed by atoms with Crippen LogP contribution in [0.3, 0.4) is 0 Å². The number of ether oxygens (including phenoxy) is 1. The number of amides is 1. The molecule has 0 bridgehead atoms. The molecule has 3 rings (SSSR count). The molecule has 1 amide bonds. The fourth-order valence-electron chi connectivity index (χ4n) is 2.83. The maximum atomic E-state index is 12.6. The molecule has 122 valence electrons. The van der Waals surface area contributed by atoms with Crippen LogP contribution in [0.2, 0.25) is 0 Å². The monoisotopic (exact) mass is 314 g/mol. The predicted octanol–water partition coefficient (Wildman–Crippen LogP) is 2.14. The van der Waals surface area contributed by atoms with Gasteiger partial charge in [0.1, 0.15) is 0 Å². The SMILES string of the molecule is CC[C@H]1CN(C(=O)c2ccc(-n3nc(C)cc3C)nc2)CCO1. The lowest BCUT2D eigenvalue weighted by molar-refractivity contribution is -0.0226. The molecule has 6 nitrogen and oxygen atoms in total. The highest BCUT2D eigenvalue weighted by molar-refractivity contribution is 5.94. The van der Waals surface area contributed by atoms with Crippen LogP contribution < -0.4 is 0 Å². The molecular weight excluding hydrogens is 292 g/mol. The smallest absolute Gasteiger partial charge is 0.255 e. The number of pyridine rings is 1. The van der Waals surface area contributed by atoms with E-state index in [1.807, 2.05) is 36.9 Å². The largest absolute Gasteiger partial charge is 0.375 e. The Morgan fingerprint density at radius 1 is 1.39 bits per heavy atom. The Bertz CT molecular complexity index is 693. The lowest BCUT2D eigenvalue weighted by atomic mass is 10.2. The number of hydrogen-bond donors (Lipinski definition) is 0. The first-order valence-corrected chi connectivity index (χ1v) is 7.99. The third-order valence-electron chi connectivity index (χ3n) is 4.10. The summed E-state index contributed by atoms with van der Waals surface area (Å²) in [6.07, 6.45) is 2.68. The first-order valence-electron chi connectivity index (χ1n) is 7.99. The molecule has 0 unspecified atom stereocenters. The second kappa shape index (κ2) is 6.50. The molecule has 1 aliphatic rings. The number of carbonyl (C=O) groups excluding carboxylic acids is 1. The molecule has 6 heteroatoms. The Hall–Kier alpha value is -2.21. The summed E-state index contributed by atoms with van der Waals surface area (Å²) in [7, 11) is 0. The van der Waals surface area contributed by atoms with Crippen molar-refractivity contribution in [2.75, 3.05) is 19.7 Å². The van der Waals surface area contributed by atoms with Gasteiger partial charge in [0.05, 0.1) is 24.0 Å². The number of morpholine rings is 1. The molecule has 0 N–H and O–H groups in total. The van der Waals surface area contributed by atoms with Crippen LogP contribution in [-0.2, 0) is 4.74 Å². The van der Waals surface area contributed by atoms with Gasteiger partial charge in [-0.15, -0.1) is 0 Å². The van der Waals surface area contributed by atoms with Crippen molar-refractivity contribution in [3.8, 4) is 5.82 Å². The first kappa shape index (κ1) is 15.7. The average Bonchev–Trinajstić information content (AvgIpc) is 2.93. The van der Waals surface area contributed by atoms with E-state index in [1.54, 1.807) is 10.9 Å². The fourth-order valence-corrected chi connectivity index (χ4v) is 2.83. The predicted molar refractivity (Wildman–Crippen MR) is 86.8 cm³/mol. The molecule has 2 aromatic rings. The lowest BCUT2D eigenvalue weighted by Crippen LogP contribution is -2.45. The summed E-state index contributed by atoms with van der Waals surface area (Å²) in [4.78, 5) is 18.8. The summed E-state index contributed by atoms with van der Waals surface area (Å²) < 4.78 is 7.40. The van der Waals surface area contributed by atoms with Crippen molar-refractivity contribution in [2.45, 2.75) is 33.3 Å². The van der Waals surface area contributed by atoms with Gasteiger partial charge in [-0.1, -0.05) is 6.92 Å². The van der Waals surface area contributed by atoms with Crippen molar-refractivity contribution < 1.29 is 9.53 Å². The number of nitrogens with zero attached hydrogens (tertiary/aromatic N) is 4. The number of aryl methyl sites for hydroxylation is 2. The van der Waals surface area contributed by atoms with E-state index >= 15 is 0 Å². The van der Waals surface area contributed by atoms with Crippen LogP contribution in [0.4, 0.5) is 0 Å². The minimum Gasteiger partial charge on any atom is -0.375 e. The number of carbonyl (C=O) groups is 1. The van der Waals surface area contributed by atoms with Crippen molar-refractivity contribution >= 4 is 5.91 Å². The van der Waals surface area contributed by atoms with Gasteiger partial charge in [0.15, 0.2) is 5.82 Å². The Morgan fingerprint density at radius 2 is 2.22 bits per heavy atom. The summed E-state index contributed by atoms with van der Waals surface area (Å²) in [5, 5.41) is 4.41. The highest BCUT2D eigenvalue weighted by Gasteiger charge is 2.24. The third-order valence-corrected chi connectivity index (χ3v) is 4.10. The third kappa shape index (κ3) is 3.27. The molecular formula is C17H22N4O2. The molecule has 1 fully saturated rings. The quantitative estimate of drug-likeness (QED) is 0.871. The maximum absolute atomic E-state index is 12.6. The van der Waals surface area contributed by atoms with Crippen molar-refractivity contribution in [2.24, 2.45) is 0 Å². The maximum Gasteiger partial charge on any atom is 0.255 e. The van der Waals surface area contributed by atoms with Crippen LogP contribution in [-0.4, -0.2) is 51.4 Å². The van der Waals surface area contributed by atoms with E-state index in [0.717, 1.165) is 23.6 Å². The molecule has 23 heavy (non-hydrogen) atoms. The zero-order chi connectivity index (χ0) is 16.4. The Morgan fingerprint density at radius 3 is 2.83 bits per heavy atom. The minimum absolute atomic E-state index is 0.0131. The zero-order valence-electron chi connectivity index (χ0n) is 13.8. The Kier molecular flexibility index (Phi) is 4.43. The van der Waals surface area contributed by atoms with E-state index < -0.39 is 0 Å². The summed E-state index contributed by atoms with van der Waals surface area (Å²) >= 11 is 0. The highest BCUT2D eigenvalue weighted by Crippen LogP contribution is 2.14. The normalized spacial score (nSPS) is 18.2. The zero-order valence-corrected chi connectivity index (χ0v) is 13.8. The van der Waals surface area contributed by atoms with Crippen LogP contribution in [0.5, 0.6) is 0 Å². The van der Waals surface area contributed by atoms with E-state index in [9.17, 15) is 4.79 Å². The van der Waals surface area contributed by atoms with Gasteiger partial charge >= 0.3 is 0 Å². The number of hydrogen-bond acceptors (Lipinski definition) is 4. The second-order valence-corrected chi connectivity index (χ2v) is 5.90. The van der Waals surface area contributed by atoms with Gasteiger partial charge in [0, 0.05) is 25.0 Å². The van der Waals surface area contributed by atoms with Crippen LogP contribution in [0.25, 0.3) is 5.82 Å². The van der Waals surface area contributed by atoms with Gasteiger partial charge in [0.2, 0.25) is 0 Å². The van der Waals surface area contributed by atoms with E-state index in [4.69, 9.17) is 4.74 Å². The Labute approximate surface area is 136 Å².